The fourth-order valence-electron chi connectivity index (χ4n) is 3.21. The Morgan fingerprint density at radius 3 is 1.72 bits per heavy atom. The summed E-state index contributed by atoms with van der Waals surface area (Å²) in [5, 5.41) is 0. The van der Waals surface area contributed by atoms with Gasteiger partial charge in [0.05, 0.1) is 6.61 Å². The van der Waals surface area contributed by atoms with Crippen LogP contribution in [0.1, 0.15) is 18.1 Å². The van der Waals surface area contributed by atoms with Crippen molar-refractivity contribution in [2.45, 2.75) is 24.9 Å². The van der Waals surface area contributed by atoms with E-state index in [1.807, 2.05) is 6.92 Å². The molecule has 1 heterocycles. The monoisotopic (exact) mass is 356 g/mol. The maximum absolute atomic E-state index is 5.51. The molecule has 25 heavy (non-hydrogen) atoms. The molecule has 0 unspecified atom stereocenters. The van der Waals surface area contributed by atoms with Crippen LogP contribution >= 0.6 is 11.8 Å². The number of nitrogens with zero attached hydrogens (tertiary/aromatic N) is 2. The molecule has 1 aliphatic rings. The molecule has 1 aliphatic heterocycles. The topological polar surface area (TPSA) is 15.7 Å². The van der Waals surface area contributed by atoms with Crippen LogP contribution in [0.2, 0.25) is 0 Å². The van der Waals surface area contributed by atoms with Crippen LogP contribution in [-0.4, -0.2) is 48.8 Å². The zero-order valence-corrected chi connectivity index (χ0v) is 16.1. The summed E-state index contributed by atoms with van der Waals surface area (Å²) in [4.78, 5) is 6.44. The van der Waals surface area contributed by atoms with Crippen molar-refractivity contribution in [3.8, 4) is 5.75 Å². The van der Waals surface area contributed by atoms with Gasteiger partial charge in [-0.2, -0.15) is 0 Å². The lowest BCUT2D eigenvalue weighted by Gasteiger charge is -2.34. The maximum atomic E-state index is 5.51. The van der Waals surface area contributed by atoms with E-state index in [2.05, 4.69) is 64.6 Å². The molecule has 2 aromatic carbocycles. The molecule has 0 saturated carbocycles. The molecule has 0 bridgehead atoms. The van der Waals surface area contributed by atoms with E-state index in [4.69, 9.17) is 4.74 Å². The van der Waals surface area contributed by atoms with E-state index < -0.39 is 0 Å². The highest BCUT2D eigenvalue weighted by Crippen LogP contribution is 2.18. The van der Waals surface area contributed by atoms with Crippen LogP contribution in [0.4, 0.5) is 0 Å². The zero-order chi connectivity index (χ0) is 17.5. The lowest BCUT2D eigenvalue weighted by atomic mass is 10.1. The summed E-state index contributed by atoms with van der Waals surface area (Å²) in [6.45, 7) is 9.38. The van der Waals surface area contributed by atoms with Crippen molar-refractivity contribution >= 4 is 11.8 Å². The lowest BCUT2D eigenvalue weighted by Crippen LogP contribution is -2.45. The summed E-state index contributed by atoms with van der Waals surface area (Å²) in [5.74, 6) is 0.962. The first-order valence-corrected chi connectivity index (χ1v) is 10.3. The van der Waals surface area contributed by atoms with Crippen LogP contribution in [0.5, 0.6) is 5.75 Å². The average Bonchev–Trinajstić information content (AvgIpc) is 2.66. The highest BCUT2D eigenvalue weighted by atomic mass is 32.2. The fourth-order valence-corrected chi connectivity index (χ4v) is 3.62. The third-order valence-electron chi connectivity index (χ3n) is 4.67. The summed E-state index contributed by atoms with van der Waals surface area (Å²) in [6, 6.07) is 17.5. The second kappa shape index (κ2) is 9.27. The number of thioether (sulfide) groups is 1. The minimum absolute atomic E-state index is 0.724. The predicted octanol–water partition coefficient (Wildman–Crippen LogP) is 4.13. The number of ether oxygens (including phenoxy) is 1. The Morgan fingerprint density at radius 2 is 1.28 bits per heavy atom. The van der Waals surface area contributed by atoms with Crippen LogP contribution in [0.3, 0.4) is 0 Å². The van der Waals surface area contributed by atoms with Gasteiger partial charge in [0.2, 0.25) is 0 Å². The standard InChI is InChI=1S/C21H28N2OS/c1-3-24-20-8-4-18(5-9-20)16-22-12-14-23(15-13-22)17-19-6-10-21(25-2)11-7-19/h4-11H,3,12-17H2,1-2H3. The molecular formula is C21H28N2OS. The Bertz CT molecular complexity index is 634. The molecule has 0 N–H and O–H groups in total. The van der Waals surface area contributed by atoms with Crippen LogP contribution < -0.4 is 4.74 Å². The summed E-state index contributed by atoms with van der Waals surface area (Å²) >= 11 is 1.80. The van der Waals surface area contributed by atoms with Crippen LogP contribution in [0, 0.1) is 0 Å². The van der Waals surface area contributed by atoms with Gasteiger partial charge in [0.15, 0.2) is 0 Å². The number of benzene rings is 2. The average molecular weight is 357 g/mol. The molecule has 4 heteroatoms. The van der Waals surface area contributed by atoms with Crippen molar-refractivity contribution in [2.75, 3.05) is 39.0 Å². The van der Waals surface area contributed by atoms with Crippen LogP contribution in [0.15, 0.2) is 53.4 Å². The van der Waals surface area contributed by atoms with Gasteiger partial charge in [0, 0.05) is 44.2 Å². The van der Waals surface area contributed by atoms with Gasteiger partial charge in [-0.25, -0.2) is 0 Å². The van der Waals surface area contributed by atoms with Crippen molar-refractivity contribution in [2.24, 2.45) is 0 Å². The van der Waals surface area contributed by atoms with Gasteiger partial charge < -0.3 is 4.74 Å². The molecule has 0 radical (unpaired) electrons. The number of hydrogen-bond acceptors (Lipinski definition) is 4. The fraction of sp³-hybridized carbons (Fsp3) is 0.429. The number of rotatable bonds is 7. The summed E-state index contributed by atoms with van der Waals surface area (Å²) in [5.41, 5.74) is 2.78. The Labute approximate surface area is 156 Å². The Morgan fingerprint density at radius 1 is 0.800 bits per heavy atom. The van der Waals surface area contributed by atoms with Gasteiger partial charge in [-0.3, -0.25) is 9.80 Å². The molecule has 134 valence electrons. The Balaban J connectivity index is 1.44. The van der Waals surface area contributed by atoms with E-state index in [9.17, 15) is 0 Å². The van der Waals surface area contributed by atoms with E-state index in [0.29, 0.717) is 0 Å². The van der Waals surface area contributed by atoms with E-state index >= 15 is 0 Å². The highest BCUT2D eigenvalue weighted by molar-refractivity contribution is 7.98. The molecule has 1 fully saturated rings. The summed E-state index contributed by atoms with van der Waals surface area (Å²) in [6.07, 6.45) is 2.12. The third kappa shape index (κ3) is 5.50. The van der Waals surface area contributed by atoms with E-state index in [0.717, 1.165) is 51.6 Å². The highest BCUT2D eigenvalue weighted by Gasteiger charge is 2.17. The first-order valence-electron chi connectivity index (χ1n) is 9.06. The van der Waals surface area contributed by atoms with E-state index in [1.54, 1.807) is 11.8 Å². The minimum Gasteiger partial charge on any atom is -0.494 e. The van der Waals surface area contributed by atoms with Gasteiger partial charge in [-0.1, -0.05) is 24.3 Å². The van der Waals surface area contributed by atoms with Gasteiger partial charge in [-0.05, 0) is 48.6 Å². The van der Waals surface area contributed by atoms with E-state index in [-0.39, 0.29) is 0 Å². The molecular weight excluding hydrogens is 328 g/mol. The predicted molar refractivity (Wildman–Crippen MR) is 106 cm³/mol. The van der Waals surface area contributed by atoms with Crippen molar-refractivity contribution < 1.29 is 4.74 Å². The molecule has 3 nitrogen and oxygen atoms in total. The first kappa shape index (κ1) is 18.3. The molecule has 0 amide bonds. The van der Waals surface area contributed by atoms with Gasteiger partial charge in [0.1, 0.15) is 5.75 Å². The third-order valence-corrected chi connectivity index (χ3v) is 5.41. The van der Waals surface area contributed by atoms with Crippen molar-refractivity contribution in [3.05, 3.63) is 59.7 Å². The zero-order valence-electron chi connectivity index (χ0n) is 15.3. The van der Waals surface area contributed by atoms with Crippen molar-refractivity contribution in [3.63, 3.8) is 0 Å². The molecule has 1 saturated heterocycles. The minimum atomic E-state index is 0.724. The molecule has 0 aromatic heterocycles. The SMILES string of the molecule is CCOc1ccc(CN2CCN(Cc3ccc(SC)cc3)CC2)cc1. The number of hydrogen-bond donors (Lipinski definition) is 0. The molecule has 0 spiro atoms. The second-order valence-corrected chi connectivity index (χ2v) is 7.36. The normalized spacial score (nSPS) is 16.1. The summed E-state index contributed by atoms with van der Waals surface area (Å²) < 4.78 is 5.51. The van der Waals surface area contributed by atoms with Crippen LogP contribution in [0.25, 0.3) is 0 Å². The first-order chi connectivity index (χ1) is 12.3. The van der Waals surface area contributed by atoms with Gasteiger partial charge in [0.25, 0.3) is 0 Å². The molecule has 3 rings (SSSR count). The number of piperazine rings is 1. The second-order valence-electron chi connectivity index (χ2n) is 6.48. The molecule has 0 atom stereocenters. The quantitative estimate of drug-likeness (QED) is 0.693. The lowest BCUT2D eigenvalue weighted by molar-refractivity contribution is 0.122. The van der Waals surface area contributed by atoms with E-state index in [1.165, 1.54) is 16.0 Å². The summed E-state index contributed by atoms with van der Waals surface area (Å²) in [7, 11) is 0. The smallest absolute Gasteiger partial charge is 0.119 e. The van der Waals surface area contributed by atoms with Crippen molar-refractivity contribution in [1.29, 1.82) is 0 Å². The largest absolute Gasteiger partial charge is 0.494 e. The van der Waals surface area contributed by atoms with Crippen LogP contribution in [-0.2, 0) is 13.1 Å². The Kier molecular flexibility index (Phi) is 6.79. The van der Waals surface area contributed by atoms with Gasteiger partial charge >= 0.3 is 0 Å². The molecule has 0 aliphatic carbocycles. The molecule has 2 aromatic rings. The van der Waals surface area contributed by atoms with Gasteiger partial charge in [-0.15, -0.1) is 11.8 Å². The maximum Gasteiger partial charge on any atom is 0.119 e. The Hall–Kier alpha value is -1.49. The van der Waals surface area contributed by atoms with Crippen molar-refractivity contribution in [1.82, 2.24) is 9.80 Å².